The lowest BCUT2D eigenvalue weighted by atomic mass is 9.84. The molecule has 1 N–H and O–H groups in total. The third-order valence-electron chi connectivity index (χ3n) is 4.88. The number of hydrogen-bond donors (Lipinski definition) is 1. The van der Waals surface area contributed by atoms with Gasteiger partial charge in [0.15, 0.2) is 0 Å². The van der Waals surface area contributed by atoms with Crippen LogP contribution < -0.4 is 5.32 Å². The lowest BCUT2D eigenvalue weighted by Gasteiger charge is -2.28. The van der Waals surface area contributed by atoms with Gasteiger partial charge >= 0.3 is 0 Å². The molecule has 2 rings (SSSR count). The van der Waals surface area contributed by atoms with Gasteiger partial charge in [0, 0.05) is 12.6 Å². The van der Waals surface area contributed by atoms with Gasteiger partial charge in [-0.15, -0.1) is 0 Å². The Kier molecular flexibility index (Phi) is 6.50. The van der Waals surface area contributed by atoms with E-state index in [1.807, 2.05) is 0 Å². The highest BCUT2D eigenvalue weighted by atomic mass is 16.5. The highest BCUT2D eigenvalue weighted by molar-refractivity contribution is 4.75. The predicted molar refractivity (Wildman–Crippen MR) is 76.9 cm³/mol. The summed E-state index contributed by atoms with van der Waals surface area (Å²) >= 11 is 0. The second kappa shape index (κ2) is 8.16. The molecule has 0 aromatic heterocycles. The second-order valence-electron chi connectivity index (χ2n) is 6.29. The Morgan fingerprint density at radius 2 is 1.83 bits per heavy atom. The molecular formula is C16H31NO. The van der Waals surface area contributed by atoms with Crippen LogP contribution in [0.2, 0.25) is 0 Å². The van der Waals surface area contributed by atoms with Gasteiger partial charge in [-0.3, -0.25) is 0 Å². The maximum absolute atomic E-state index is 5.86. The van der Waals surface area contributed by atoms with Crippen molar-refractivity contribution in [3.8, 4) is 0 Å². The summed E-state index contributed by atoms with van der Waals surface area (Å²) in [5, 5.41) is 3.51. The molecule has 1 aliphatic carbocycles. The highest BCUT2D eigenvalue weighted by Crippen LogP contribution is 2.28. The third kappa shape index (κ3) is 4.89. The van der Waals surface area contributed by atoms with E-state index in [0.717, 1.165) is 12.5 Å². The monoisotopic (exact) mass is 253 g/mol. The first-order chi connectivity index (χ1) is 8.88. The van der Waals surface area contributed by atoms with Crippen LogP contribution in [-0.2, 0) is 4.74 Å². The van der Waals surface area contributed by atoms with Crippen LogP contribution in [0.4, 0.5) is 0 Å². The van der Waals surface area contributed by atoms with Crippen molar-refractivity contribution in [1.29, 1.82) is 0 Å². The molecule has 0 amide bonds. The van der Waals surface area contributed by atoms with E-state index in [-0.39, 0.29) is 0 Å². The fourth-order valence-electron chi connectivity index (χ4n) is 3.60. The van der Waals surface area contributed by atoms with E-state index in [4.69, 9.17) is 4.74 Å². The van der Waals surface area contributed by atoms with Crippen molar-refractivity contribution in [3.63, 3.8) is 0 Å². The summed E-state index contributed by atoms with van der Waals surface area (Å²) in [6.07, 6.45) is 15.8. The Hall–Kier alpha value is -0.0800. The molecule has 0 bridgehead atoms. The molecule has 2 aliphatic rings. The van der Waals surface area contributed by atoms with E-state index in [2.05, 4.69) is 12.4 Å². The van der Waals surface area contributed by atoms with E-state index in [1.54, 1.807) is 0 Å². The van der Waals surface area contributed by atoms with Gasteiger partial charge < -0.3 is 10.1 Å². The molecule has 2 atom stereocenters. The summed E-state index contributed by atoms with van der Waals surface area (Å²) < 4.78 is 5.86. The minimum absolute atomic E-state index is 0.530. The quantitative estimate of drug-likeness (QED) is 0.775. The van der Waals surface area contributed by atoms with Crippen LogP contribution in [0.15, 0.2) is 0 Å². The van der Waals surface area contributed by atoms with E-state index >= 15 is 0 Å². The molecule has 0 aromatic carbocycles. The van der Waals surface area contributed by atoms with Crippen molar-refractivity contribution in [2.24, 2.45) is 5.92 Å². The molecule has 1 aliphatic heterocycles. The Labute approximate surface area is 113 Å². The minimum atomic E-state index is 0.530. The summed E-state index contributed by atoms with van der Waals surface area (Å²) in [6.45, 7) is 0.990. The van der Waals surface area contributed by atoms with Gasteiger partial charge in [0.05, 0.1) is 6.10 Å². The lowest BCUT2D eigenvalue weighted by molar-refractivity contribution is 0.00472. The van der Waals surface area contributed by atoms with Crippen LogP contribution in [0.5, 0.6) is 0 Å². The summed E-state index contributed by atoms with van der Waals surface area (Å²) in [5.74, 6) is 1.02. The normalized spacial score (nSPS) is 28.2. The summed E-state index contributed by atoms with van der Waals surface area (Å²) in [5.41, 5.74) is 0. The van der Waals surface area contributed by atoms with E-state index < -0.39 is 0 Å². The molecule has 0 radical (unpaired) electrons. The summed E-state index contributed by atoms with van der Waals surface area (Å²) in [4.78, 5) is 0. The topological polar surface area (TPSA) is 21.3 Å². The molecular weight excluding hydrogens is 222 g/mol. The van der Waals surface area contributed by atoms with Gasteiger partial charge in [-0.1, -0.05) is 32.1 Å². The number of ether oxygens (including phenoxy) is 1. The van der Waals surface area contributed by atoms with Crippen LogP contribution >= 0.6 is 0 Å². The maximum atomic E-state index is 5.86. The minimum Gasteiger partial charge on any atom is -0.378 e. The molecule has 2 unspecified atom stereocenters. The fraction of sp³-hybridized carbons (Fsp3) is 1.00. The van der Waals surface area contributed by atoms with Crippen LogP contribution in [0.25, 0.3) is 0 Å². The molecule has 0 aromatic rings. The molecule has 1 saturated heterocycles. The zero-order valence-electron chi connectivity index (χ0n) is 12.1. The van der Waals surface area contributed by atoms with E-state index in [0.29, 0.717) is 12.1 Å². The van der Waals surface area contributed by atoms with Crippen LogP contribution in [0.1, 0.15) is 70.6 Å². The first kappa shape index (κ1) is 14.3. The van der Waals surface area contributed by atoms with Gasteiger partial charge in [-0.25, -0.2) is 0 Å². The SMILES string of the molecule is CNC(CCC1CCCCC1)CC1CCCCO1. The number of nitrogens with one attached hydrogen (secondary N) is 1. The van der Waals surface area contributed by atoms with Crippen molar-refractivity contribution in [3.05, 3.63) is 0 Å². The molecule has 1 saturated carbocycles. The smallest absolute Gasteiger partial charge is 0.0590 e. The molecule has 2 nitrogen and oxygen atoms in total. The average molecular weight is 253 g/mol. The van der Waals surface area contributed by atoms with Gasteiger partial charge in [0.25, 0.3) is 0 Å². The molecule has 18 heavy (non-hydrogen) atoms. The van der Waals surface area contributed by atoms with Crippen molar-refractivity contribution in [2.75, 3.05) is 13.7 Å². The largest absolute Gasteiger partial charge is 0.378 e. The van der Waals surface area contributed by atoms with Crippen LogP contribution in [0.3, 0.4) is 0 Å². The predicted octanol–water partition coefficient (Wildman–Crippen LogP) is 3.89. The van der Waals surface area contributed by atoms with Crippen molar-refractivity contribution in [2.45, 2.75) is 82.8 Å². The molecule has 106 valence electrons. The molecule has 1 heterocycles. The average Bonchev–Trinajstić information content (AvgIpc) is 2.45. The standard InChI is InChI=1S/C16H31NO/c1-17-15(13-16-9-5-6-12-18-16)11-10-14-7-3-2-4-8-14/h14-17H,2-13H2,1H3. The van der Waals surface area contributed by atoms with Gasteiger partial charge in [0.1, 0.15) is 0 Å². The number of hydrogen-bond acceptors (Lipinski definition) is 2. The number of rotatable bonds is 6. The van der Waals surface area contributed by atoms with Gasteiger partial charge in [0.2, 0.25) is 0 Å². The van der Waals surface area contributed by atoms with Gasteiger partial charge in [-0.2, -0.15) is 0 Å². The van der Waals surface area contributed by atoms with Crippen molar-refractivity contribution >= 4 is 0 Å². The Morgan fingerprint density at radius 1 is 1.06 bits per heavy atom. The second-order valence-corrected chi connectivity index (χ2v) is 6.29. The molecule has 0 spiro atoms. The van der Waals surface area contributed by atoms with Crippen LogP contribution in [0, 0.1) is 5.92 Å². The Bertz CT molecular complexity index is 207. The Morgan fingerprint density at radius 3 is 2.50 bits per heavy atom. The zero-order valence-corrected chi connectivity index (χ0v) is 12.1. The maximum Gasteiger partial charge on any atom is 0.0590 e. The third-order valence-corrected chi connectivity index (χ3v) is 4.88. The van der Waals surface area contributed by atoms with E-state index in [1.165, 1.54) is 70.6 Å². The first-order valence-electron chi connectivity index (χ1n) is 8.17. The zero-order chi connectivity index (χ0) is 12.6. The molecule has 2 fully saturated rings. The lowest BCUT2D eigenvalue weighted by Crippen LogP contribution is -2.33. The van der Waals surface area contributed by atoms with E-state index in [9.17, 15) is 0 Å². The summed E-state index contributed by atoms with van der Waals surface area (Å²) in [6, 6.07) is 0.676. The summed E-state index contributed by atoms with van der Waals surface area (Å²) in [7, 11) is 2.12. The molecule has 2 heteroatoms. The van der Waals surface area contributed by atoms with Crippen molar-refractivity contribution in [1.82, 2.24) is 5.32 Å². The Balaban J connectivity index is 1.64. The van der Waals surface area contributed by atoms with Gasteiger partial charge in [-0.05, 0) is 51.5 Å². The fourth-order valence-corrected chi connectivity index (χ4v) is 3.60. The first-order valence-corrected chi connectivity index (χ1v) is 8.17. The van der Waals surface area contributed by atoms with Crippen molar-refractivity contribution < 1.29 is 4.74 Å². The van der Waals surface area contributed by atoms with Crippen LogP contribution in [-0.4, -0.2) is 25.8 Å². The highest BCUT2D eigenvalue weighted by Gasteiger charge is 2.20.